The first kappa shape index (κ1) is 13.6. The average molecular weight is 302 g/mol. The molecule has 0 bridgehead atoms. The molecular formula is C14H14N4O2S. The normalized spacial score (nSPS) is 10.8. The molecule has 0 radical (unpaired) electrons. The van der Waals surface area contributed by atoms with Gasteiger partial charge in [-0.05, 0) is 24.6 Å². The van der Waals surface area contributed by atoms with E-state index in [1.165, 1.54) is 11.3 Å². The number of rotatable bonds is 3. The monoisotopic (exact) mass is 302 g/mol. The second-order valence-corrected chi connectivity index (χ2v) is 5.61. The van der Waals surface area contributed by atoms with E-state index in [2.05, 4.69) is 15.4 Å². The van der Waals surface area contributed by atoms with Crippen molar-refractivity contribution in [3.05, 3.63) is 35.7 Å². The van der Waals surface area contributed by atoms with Gasteiger partial charge in [0.15, 0.2) is 5.13 Å². The fourth-order valence-electron chi connectivity index (χ4n) is 2.17. The van der Waals surface area contributed by atoms with E-state index >= 15 is 0 Å². The average Bonchev–Trinajstić information content (AvgIpc) is 3.01. The summed E-state index contributed by atoms with van der Waals surface area (Å²) in [7, 11) is 3.34. The molecule has 3 rings (SSSR count). The molecular weight excluding hydrogens is 288 g/mol. The number of nitrogens with one attached hydrogen (secondary N) is 1. The fraction of sp³-hybridized carbons (Fsp3) is 0.214. The minimum atomic E-state index is -0.217. The van der Waals surface area contributed by atoms with Crippen molar-refractivity contribution in [3.63, 3.8) is 0 Å². The number of thiazole rings is 1. The number of aromatic nitrogens is 3. The second kappa shape index (κ2) is 5.17. The molecule has 6 nitrogen and oxygen atoms in total. The van der Waals surface area contributed by atoms with Crippen molar-refractivity contribution in [3.8, 4) is 5.75 Å². The van der Waals surface area contributed by atoms with Crippen LogP contribution in [0.4, 0.5) is 5.13 Å². The van der Waals surface area contributed by atoms with Gasteiger partial charge in [0.05, 0.1) is 18.0 Å². The lowest BCUT2D eigenvalue weighted by atomic mass is 10.2. The van der Waals surface area contributed by atoms with Crippen LogP contribution < -0.4 is 10.1 Å². The fourth-order valence-corrected chi connectivity index (χ4v) is 3.05. The molecule has 7 heteroatoms. The first-order chi connectivity index (χ1) is 10.1. The van der Waals surface area contributed by atoms with Crippen molar-refractivity contribution in [2.24, 2.45) is 7.05 Å². The number of benzene rings is 1. The second-order valence-electron chi connectivity index (χ2n) is 4.58. The summed E-state index contributed by atoms with van der Waals surface area (Å²) in [5.41, 5.74) is 2.11. The van der Waals surface area contributed by atoms with Gasteiger partial charge in [0.2, 0.25) is 0 Å². The number of carbonyl (C=O) groups is 1. The molecule has 0 aliphatic heterocycles. The maximum Gasteiger partial charge on any atom is 0.275 e. The number of fused-ring (bicyclic) bond motifs is 1. The Bertz CT molecular complexity index is 802. The molecule has 0 saturated heterocycles. The highest BCUT2D eigenvalue weighted by atomic mass is 32.1. The molecule has 0 unspecified atom stereocenters. The predicted molar refractivity (Wildman–Crippen MR) is 82.1 cm³/mol. The van der Waals surface area contributed by atoms with Gasteiger partial charge in [0.25, 0.3) is 5.91 Å². The summed E-state index contributed by atoms with van der Waals surface area (Å²) in [5, 5.41) is 7.43. The van der Waals surface area contributed by atoms with Crippen LogP contribution in [0.25, 0.3) is 10.2 Å². The number of hydrogen-bond donors (Lipinski definition) is 1. The maximum absolute atomic E-state index is 12.3. The number of aryl methyl sites for hydroxylation is 2. The molecule has 21 heavy (non-hydrogen) atoms. The van der Waals surface area contributed by atoms with Crippen LogP contribution in [-0.2, 0) is 7.05 Å². The van der Waals surface area contributed by atoms with Crippen LogP contribution in [0.1, 0.15) is 16.1 Å². The van der Waals surface area contributed by atoms with E-state index < -0.39 is 0 Å². The number of hydrogen-bond acceptors (Lipinski definition) is 5. The van der Waals surface area contributed by atoms with Gasteiger partial charge in [-0.25, -0.2) is 4.98 Å². The highest BCUT2D eigenvalue weighted by Crippen LogP contribution is 2.32. The highest BCUT2D eigenvalue weighted by molar-refractivity contribution is 7.22. The molecule has 1 aromatic carbocycles. The first-order valence-electron chi connectivity index (χ1n) is 6.33. The van der Waals surface area contributed by atoms with Gasteiger partial charge in [-0.3, -0.25) is 14.8 Å². The van der Waals surface area contributed by atoms with Crippen LogP contribution in [-0.4, -0.2) is 27.8 Å². The zero-order valence-electron chi connectivity index (χ0n) is 11.9. The summed E-state index contributed by atoms with van der Waals surface area (Å²) in [6.45, 7) is 1.85. The standard InChI is InChI=1S/C14H14N4O2S/c1-8-7-15-18(2)12(8)13(19)17-14-16-11-9(20-3)5-4-6-10(11)21-14/h4-7H,1-3H3,(H,16,17,19). The third kappa shape index (κ3) is 2.36. The number of amides is 1. The molecule has 0 saturated carbocycles. The molecule has 0 aliphatic carbocycles. The Kier molecular flexibility index (Phi) is 3.34. The lowest BCUT2D eigenvalue weighted by Gasteiger charge is -2.03. The van der Waals surface area contributed by atoms with Crippen molar-refractivity contribution in [2.75, 3.05) is 12.4 Å². The quantitative estimate of drug-likeness (QED) is 0.807. The number of ether oxygens (including phenoxy) is 1. The Morgan fingerprint density at radius 1 is 1.43 bits per heavy atom. The highest BCUT2D eigenvalue weighted by Gasteiger charge is 2.16. The SMILES string of the molecule is COc1cccc2sc(NC(=O)c3c(C)cnn3C)nc12. The van der Waals surface area contributed by atoms with Crippen LogP contribution in [0.15, 0.2) is 24.4 Å². The number of nitrogens with zero attached hydrogens (tertiary/aromatic N) is 3. The van der Waals surface area contributed by atoms with E-state index in [4.69, 9.17) is 4.74 Å². The van der Waals surface area contributed by atoms with Crippen molar-refractivity contribution in [2.45, 2.75) is 6.92 Å². The summed E-state index contributed by atoms with van der Waals surface area (Å²) >= 11 is 1.41. The minimum Gasteiger partial charge on any atom is -0.494 e. The zero-order valence-corrected chi connectivity index (χ0v) is 12.7. The molecule has 1 amide bonds. The Morgan fingerprint density at radius 2 is 2.24 bits per heavy atom. The molecule has 3 aromatic rings. The molecule has 0 atom stereocenters. The lowest BCUT2D eigenvalue weighted by molar-refractivity contribution is 0.101. The Hall–Kier alpha value is -2.41. The van der Waals surface area contributed by atoms with Crippen LogP contribution >= 0.6 is 11.3 Å². The summed E-state index contributed by atoms with van der Waals surface area (Å²) < 4.78 is 7.79. The minimum absolute atomic E-state index is 0.217. The van der Waals surface area contributed by atoms with Gasteiger partial charge in [-0.15, -0.1) is 0 Å². The van der Waals surface area contributed by atoms with Crippen molar-refractivity contribution in [1.82, 2.24) is 14.8 Å². The number of para-hydroxylation sites is 1. The maximum atomic E-state index is 12.3. The molecule has 1 N–H and O–H groups in total. The Morgan fingerprint density at radius 3 is 2.90 bits per heavy atom. The molecule has 0 fully saturated rings. The van der Waals surface area contributed by atoms with Gasteiger partial charge in [0.1, 0.15) is 17.0 Å². The van der Waals surface area contributed by atoms with Gasteiger partial charge in [0, 0.05) is 7.05 Å². The third-order valence-electron chi connectivity index (χ3n) is 3.16. The van der Waals surface area contributed by atoms with Gasteiger partial charge < -0.3 is 4.74 Å². The van der Waals surface area contributed by atoms with E-state index in [0.29, 0.717) is 16.6 Å². The zero-order chi connectivity index (χ0) is 15.0. The van der Waals surface area contributed by atoms with Gasteiger partial charge >= 0.3 is 0 Å². The summed E-state index contributed by atoms with van der Waals surface area (Å²) in [6, 6.07) is 5.69. The number of carbonyl (C=O) groups excluding carboxylic acids is 1. The van der Waals surface area contributed by atoms with Gasteiger partial charge in [-0.2, -0.15) is 5.10 Å². The van der Waals surface area contributed by atoms with E-state index in [1.54, 1.807) is 25.0 Å². The smallest absolute Gasteiger partial charge is 0.275 e. The molecule has 2 aromatic heterocycles. The molecule has 0 spiro atoms. The summed E-state index contributed by atoms with van der Waals surface area (Å²) in [6.07, 6.45) is 1.66. The van der Waals surface area contributed by atoms with E-state index in [1.807, 2.05) is 25.1 Å². The Balaban J connectivity index is 1.94. The predicted octanol–water partition coefficient (Wildman–Crippen LogP) is 2.60. The lowest BCUT2D eigenvalue weighted by Crippen LogP contribution is -2.17. The van der Waals surface area contributed by atoms with Gasteiger partial charge in [-0.1, -0.05) is 17.4 Å². The van der Waals surface area contributed by atoms with Crippen LogP contribution in [0.5, 0.6) is 5.75 Å². The van der Waals surface area contributed by atoms with E-state index in [9.17, 15) is 4.79 Å². The third-order valence-corrected chi connectivity index (χ3v) is 4.10. The Labute approximate surface area is 125 Å². The van der Waals surface area contributed by atoms with Crippen LogP contribution in [0.3, 0.4) is 0 Å². The molecule has 2 heterocycles. The van der Waals surface area contributed by atoms with Crippen molar-refractivity contribution >= 4 is 32.6 Å². The van der Waals surface area contributed by atoms with E-state index in [0.717, 1.165) is 15.8 Å². The van der Waals surface area contributed by atoms with E-state index in [-0.39, 0.29) is 5.91 Å². The largest absolute Gasteiger partial charge is 0.494 e. The summed E-state index contributed by atoms with van der Waals surface area (Å²) in [4.78, 5) is 16.7. The number of anilines is 1. The molecule has 0 aliphatic rings. The van der Waals surface area contributed by atoms with Crippen molar-refractivity contribution < 1.29 is 9.53 Å². The summed E-state index contributed by atoms with van der Waals surface area (Å²) in [5.74, 6) is 0.478. The van der Waals surface area contributed by atoms with Crippen LogP contribution in [0, 0.1) is 6.92 Å². The number of methoxy groups -OCH3 is 1. The molecule has 108 valence electrons. The van der Waals surface area contributed by atoms with Crippen molar-refractivity contribution in [1.29, 1.82) is 0 Å². The first-order valence-corrected chi connectivity index (χ1v) is 7.15. The topological polar surface area (TPSA) is 69.0 Å². The van der Waals surface area contributed by atoms with Crippen LogP contribution in [0.2, 0.25) is 0 Å².